The molecule has 0 aliphatic carbocycles. The Bertz CT molecular complexity index is 1360. The van der Waals surface area contributed by atoms with Gasteiger partial charge in [0.15, 0.2) is 0 Å². The minimum atomic E-state index is -1.24. The Morgan fingerprint density at radius 3 is 1.29 bits per heavy atom. The molecule has 3 heterocycles. The molecule has 0 N–H and O–H groups in total. The van der Waals surface area contributed by atoms with E-state index in [2.05, 4.69) is 15.0 Å². The second-order valence-corrected chi connectivity index (χ2v) is 7.18. The van der Waals surface area contributed by atoms with E-state index in [0.717, 1.165) is 12.1 Å². The van der Waals surface area contributed by atoms with Gasteiger partial charge in [0, 0.05) is 41.9 Å². The van der Waals surface area contributed by atoms with Crippen molar-refractivity contribution >= 4 is 5.97 Å². The van der Waals surface area contributed by atoms with Crippen LogP contribution in [0, 0.1) is 23.3 Å². The van der Waals surface area contributed by atoms with Crippen LogP contribution in [0.5, 0.6) is 0 Å². The molecule has 0 aliphatic heterocycles. The van der Waals surface area contributed by atoms with Crippen LogP contribution >= 0.6 is 0 Å². The fourth-order valence-electron chi connectivity index (χ4n) is 2.92. The number of carbonyl (C=O) groups excluding carboxylic acids is 1. The van der Waals surface area contributed by atoms with Gasteiger partial charge in [0.05, 0.1) is 23.1 Å². The SMILES string of the molecule is Fc1ccc(-c2ccccn2)c(F)c1.Fc1ccc(-c2ccccn2)c(F)c1.O=C([O-])c1ccccn1.[Ir+3]. The molecule has 10 heteroatoms. The summed E-state index contributed by atoms with van der Waals surface area (Å²) in [6.45, 7) is 0. The second kappa shape index (κ2) is 15.1. The zero-order chi connectivity index (χ0) is 26.6. The van der Waals surface area contributed by atoms with Gasteiger partial charge in [0.2, 0.25) is 0 Å². The van der Waals surface area contributed by atoms with Crippen molar-refractivity contribution in [1.29, 1.82) is 0 Å². The summed E-state index contributed by atoms with van der Waals surface area (Å²) in [6.07, 6.45) is 4.54. The van der Waals surface area contributed by atoms with Crippen LogP contribution in [-0.2, 0) is 20.1 Å². The minimum absolute atomic E-state index is 0. The van der Waals surface area contributed by atoms with Gasteiger partial charge >= 0.3 is 20.1 Å². The average molecular weight is 697 g/mol. The fraction of sp³-hybridized carbons (Fsp3) is 0. The van der Waals surface area contributed by atoms with Crippen molar-refractivity contribution in [2.24, 2.45) is 0 Å². The molecule has 0 radical (unpaired) electrons. The van der Waals surface area contributed by atoms with Crippen molar-refractivity contribution in [3.63, 3.8) is 0 Å². The normalized spacial score (nSPS) is 9.58. The van der Waals surface area contributed by atoms with Crippen LogP contribution in [0.1, 0.15) is 10.5 Å². The van der Waals surface area contributed by atoms with Crippen molar-refractivity contribution < 1.29 is 47.6 Å². The maximum absolute atomic E-state index is 13.3. The molecule has 2 aromatic carbocycles. The van der Waals surface area contributed by atoms with Crippen LogP contribution in [0.3, 0.4) is 0 Å². The molecule has 0 bridgehead atoms. The molecule has 192 valence electrons. The number of carbonyl (C=O) groups is 1. The standard InChI is InChI=1S/2C11H7F2N.C6H5NO2.Ir/c2*12-8-4-5-9(10(13)7-8)11-3-1-2-6-14-11;8-6(9)5-3-1-2-4-7-5;/h2*1-7H;1-4H,(H,8,9);/q;;;+3/p-1. The Labute approximate surface area is 229 Å². The summed E-state index contributed by atoms with van der Waals surface area (Å²) in [4.78, 5) is 21.5. The number of hydrogen-bond acceptors (Lipinski definition) is 5. The van der Waals surface area contributed by atoms with E-state index in [1.807, 2.05) is 0 Å². The van der Waals surface area contributed by atoms with Crippen LogP contribution in [-0.4, -0.2) is 20.9 Å². The summed E-state index contributed by atoms with van der Waals surface area (Å²) in [5.41, 5.74) is 1.60. The molecule has 0 saturated carbocycles. The maximum atomic E-state index is 13.3. The van der Waals surface area contributed by atoms with E-state index in [1.54, 1.807) is 60.9 Å². The number of carboxylic acid groups (broad SMARTS) is 1. The fourth-order valence-corrected chi connectivity index (χ4v) is 2.92. The molecule has 0 amide bonds. The van der Waals surface area contributed by atoms with Crippen LogP contribution in [0.4, 0.5) is 17.6 Å². The van der Waals surface area contributed by atoms with E-state index in [-0.39, 0.29) is 25.8 Å². The van der Waals surface area contributed by atoms with E-state index < -0.39 is 29.2 Å². The molecule has 0 unspecified atom stereocenters. The molecule has 0 saturated heterocycles. The predicted molar refractivity (Wildman–Crippen MR) is 128 cm³/mol. The Hall–Kier alpha value is -4.27. The molecule has 5 aromatic rings. The number of halogens is 4. The van der Waals surface area contributed by atoms with Crippen molar-refractivity contribution in [2.75, 3.05) is 0 Å². The molecule has 0 atom stereocenters. The Morgan fingerprint density at radius 1 is 0.579 bits per heavy atom. The molecule has 5 rings (SSSR count). The molecule has 38 heavy (non-hydrogen) atoms. The first-order chi connectivity index (χ1) is 17.8. The third-order valence-electron chi connectivity index (χ3n) is 4.62. The summed E-state index contributed by atoms with van der Waals surface area (Å²) < 4.78 is 51.7. The molecular formula is C28H18F4IrN3O2+2. The molecule has 0 spiro atoms. The number of aromatic nitrogens is 3. The Balaban J connectivity index is 0.000000203. The number of pyridine rings is 3. The van der Waals surface area contributed by atoms with Crippen molar-refractivity contribution in [2.45, 2.75) is 0 Å². The summed E-state index contributed by atoms with van der Waals surface area (Å²) in [5.74, 6) is -3.59. The van der Waals surface area contributed by atoms with Crippen molar-refractivity contribution in [3.8, 4) is 22.5 Å². The number of aromatic carboxylic acids is 1. The number of carboxylic acids is 1. The molecule has 0 aliphatic rings. The summed E-state index contributed by atoms with van der Waals surface area (Å²) in [7, 11) is 0. The second-order valence-electron chi connectivity index (χ2n) is 7.18. The van der Waals surface area contributed by atoms with Gasteiger partial charge in [-0.1, -0.05) is 18.2 Å². The number of nitrogens with zero attached hydrogens (tertiary/aromatic N) is 3. The van der Waals surface area contributed by atoms with Gasteiger partial charge in [-0.15, -0.1) is 0 Å². The Morgan fingerprint density at radius 2 is 1.00 bits per heavy atom. The van der Waals surface area contributed by atoms with Crippen LogP contribution in [0.25, 0.3) is 22.5 Å². The zero-order valence-electron chi connectivity index (χ0n) is 19.4. The van der Waals surface area contributed by atoms with Crippen LogP contribution < -0.4 is 5.11 Å². The first kappa shape index (κ1) is 30.0. The number of hydrogen-bond donors (Lipinski definition) is 0. The van der Waals surface area contributed by atoms with Crippen LogP contribution in [0.15, 0.2) is 110 Å². The third-order valence-corrected chi connectivity index (χ3v) is 4.62. The molecule has 3 aromatic heterocycles. The van der Waals surface area contributed by atoms with E-state index in [0.29, 0.717) is 22.5 Å². The molecule has 0 fully saturated rings. The van der Waals surface area contributed by atoms with Crippen LogP contribution in [0.2, 0.25) is 0 Å². The topological polar surface area (TPSA) is 78.8 Å². The first-order valence-corrected chi connectivity index (χ1v) is 10.7. The summed E-state index contributed by atoms with van der Waals surface area (Å²) >= 11 is 0. The van der Waals surface area contributed by atoms with E-state index in [4.69, 9.17) is 0 Å². The molecule has 5 nitrogen and oxygen atoms in total. The monoisotopic (exact) mass is 697 g/mol. The largest absolute Gasteiger partial charge is 3.00 e. The van der Waals surface area contributed by atoms with Crippen molar-refractivity contribution in [1.82, 2.24) is 15.0 Å². The van der Waals surface area contributed by atoms with E-state index >= 15 is 0 Å². The van der Waals surface area contributed by atoms with Gasteiger partial charge in [-0.3, -0.25) is 15.0 Å². The summed E-state index contributed by atoms with van der Waals surface area (Å²) in [6, 6.07) is 21.9. The number of rotatable bonds is 3. The average Bonchev–Trinajstić information content (AvgIpc) is 2.91. The van der Waals surface area contributed by atoms with Gasteiger partial charge in [-0.25, -0.2) is 17.6 Å². The van der Waals surface area contributed by atoms with Gasteiger partial charge in [-0.05, 0) is 60.7 Å². The molecular weight excluding hydrogens is 679 g/mol. The number of benzene rings is 2. The minimum Gasteiger partial charge on any atom is -0.543 e. The van der Waals surface area contributed by atoms with Gasteiger partial charge in [-0.2, -0.15) is 0 Å². The maximum Gasteiger partial charge on any atom is 3.00 e. The van der Waals surface area contributed by atoms with Gasteiger partial charge in [0.25, 0.3) is 0 Å². The smallest absolute Gasteiger partial charge is 0.543 e. The van der Waals surface area contributed by atoms with E-state index in [9.17, 15) is 27.5 Å². The Kier molecular flexibility index (Phi) is 11.9. The van der Waals surface area contributed by atoms with Gasteiger partial charge < -0.3 is 9.90 Å². The van der Waals surface area contributed by atoms with E-state index in [1.165, 1.54) is 36.5 Å². The first-order valence-electron chi connectivity index (χ1n) is 10.7. The third kappa shape index (κ3) is 8.99. The summed E-state index contributed by atoms with van der Waals surface area (Å²) in [5, 5.41) is 10.0. The van der Waals surface area contributed by atoms with Gasteiger partial charge in [0.1, 0.15) is 23.3 Å². The zero-order valence-corrected chi connectivity index (χ0v) is 21.8. The quantitative estimate of drug-likeness (QED) is 0.233. The van der Waals surface area contributed by atoms with Crippen molar-refractivity contribution in [3.05, 3.63) is 139 Å². The predicted octanol–water partition coefficient (Wildman–Crippen LogP) is 5.50.